The number of aliphatic hydroxyl groups is 1. The van der Waals surface area contributed by atoms with Gasteiger partial charge < -0.3 is 19.9 Å². The van der Waals surface area contributed by atoms with Crippen LogP contribution in [0.25, 0.3) is 0 Å². The summed E-state index contributed by atoms with van der Waals surface area (Å²) in [6.45, 7) is 4.92. The minimum absolute atomic E-state index is 0.342. The lowest BCUT2D eigenvalue weighted by Gasteiger charge is -2.12. The summed E-state index contributed by atoms with van der Waals surface area (Å²) in [5, 5.41) is 12.7. The van der Waals surface area contributed by atoms with E-state index in [1.807, 2.05) is 30.3 Å². The van der Waals surface area contributed by atoms with Crippen molar-refractivity contribution in [1.82, 2.24) is 5.32 Å². The molecule has 0 heterocycles. The van der Waals surface area contributed by atoms with Gasteiger partial charge in [-0.3, -0.25) is 0 Å². The highest BCUT2D eigenvalue weighted by molar-refractivity contribution is 5.20. The summed E-state index contributed by atoms with van der Waals surface area (Å²) < 4.78 is 10.8. The van der Waals surface area contributed by atoms with Crippen molar-refractivity contribution in [2.24, 2.45) is 0 Å². The van der Waals surface area contributed by atoms with E-state index in [0.717, 1.165) is 18.7 Å². The Morgan fingerprint density at radius 1 is 1.22 bits per heavy atom. The summed E-state index contributed by atoms with van der Waals surface area (Å²) >= 11 is 0. The highest BCUT2D eigenvalue weighted by atomic mass is 16.5. The molecular formula is C14H23NO3. The second kappa shape index (κ2) is 9.88. The number of aliphatic hydroxyl groups excluding tert-OH is 1. The number of benzene rings is 1. The molecule has 0 spiro atoms. The van der Waals surface area contributed by atoms with Crippen LogP contribution < -0.4 is 10.1 Å². The first-order chi connectivity index (χ1) is 8.83. The predicted octanol–water partition coefficient (Wildman–Crippen LogP) is 1.44. The SMILES string of the molecule is CCCNCC(O)COCCOc1ccccc1. The Hall–Kier alpha value is -1.10. The molecule has 2 N–H and O–H groups in total. The van der Waals surface area contributed by atoms with Gasteiger partial charge in [0, 0.05) is 6.54 Å². The van der Waals surface area contributed by atoms with Crippen LogP contribution in [0, 0.1) is 0 Å². The van der Waals surface area contributed by atoms with Crippen molar-refractivity contribution < 1.29 is 14.6 Å². The van der Waals surface area contributed by atoms with E-state index < -0.39 is 6.10 Å². The van der Waals surface area contributed by atoms with Gasteiger partial charge in [-0.15, -0.1) is 0 Å². The molecule has 1 atom stereocenters. The molecule has 0 fully saturated rings. The van der Waals surface area contributed by atoms with Gasteiger partial charge in [-0.1, -0.05) is 25.1 Å². The average Bonchev–Trinajstić information content (AvgIpc) is 2.40. The van der Waals surface area contributed by atoms with Crippen LogP contribution in [-0.4, -0.2) is 44.1 Å². The normalized spacial score (nSPS) is 12.3. The van der Waals surface area contributed by atoms with Crippen LogP contribution in [0.5, 0.6) is 5.75 Å². The molecular weight excluding hydrogens is 230 g/mol. The Morgan fingerprint density at radius 2 is 2.00 bits per heavy atom. The van der Waals surface area contributed by atoms with Gasteiger partial charge in [0.1, 0.15) is 12.4 Å². The zero-order valence-electron chi connectivity index (χ0n) is 11.0. The maximum Gasteiger partial charge on any atom is 0.119 e. The number of hydrogen-bond donors (Lipinski definition) is 2. The summed E-state index contributed by atoms with van der Waals surface area (Å²) in [6, 6.07) is 9.62. The minimum Gasteiger partial charge on any atom is -0.491 e. The molecule has 1 aromatic carbocycles. The zero-order valence-corrected chi connectivity index (χ0v) is 11.0. The first-order valence-electron chi connectivity index (χ1n) is 6.47. The Labute approximate surface area is 109 Å². The van der Waals surface area contributed by atoms with Crippen LogP contribution in [0.1, 0.15) is 13.3 Å². The molecule has 18 heavy (non-hydrogen) atoms. The van der Waals surface area contributed by atoms with Crippen molar-refractivity contribution in [1.29, 1.82) is 0 Å². The van der Waals surface area contributed by atoms with Gasteiger partial charge >= 0.3 is 0 Å². The molecule has 4 heteroatoms. The first kappa shape index (κ1) is 15.0. The second-order valence-corrected chi connectivity index (χ2v) is 4.09. The molecule has 0 radical (unpaired) electrons. The highest BCUT2D eigenvalue weighted by Crippen LogP contribution is 2.07. The Morgan fingerprint density at radius 3 is 2.72 bits per heavy atom. The Balaban J connectivity index is 1.95. The maximum absolute atomic E-state index is 9.56. The largest absolute Gasteiger partial charge is 0.491 e. The van der Waals surface area contributed by atoms with Crippen molar-refractivity contribution in [3.05, 3.63) is 30.3 Å². The zero-order chi connectivity index (χ0) is 13.1. The number of ether oxygens (including phenoxy) is 2. The Kier molecular flexibility index (Phi) is 8.21. The average molecular weight is 253 g/mol. The summed E-state index contributed by atoms with van der Waals surface area (Å²) in [4.78, 5) is 0. The van der Waals surface area contributed by atoms with Gasteiger partial charge in [0.05, 0.1) is 19.3 Å². The molecule has 0 bridgehead atoms. The molecule has 0 amide bonds. The van der Waals surface area contributed by atoms with E-state index >= 15 is 0 Å². The molecule has 0 saturated carbocycles. The molecule has 4 nitrogen and oxygen atoms in total. The lowest BCUT2D eigenvalue weighted by atomic mass is 10.3. The van der Waals surface area contributed by atoms with E-state index in [4.69, 9.17) is 9.47 Å². The van der Waals surface area contributed by atoms with E-state index in [-0.39, 0.29) is 0 Å². The van der Waals surface area contributed by atoms with Crippen molar-refractivity contribution in [2.75, 3.05) is 32.9 Å². The molecule has 0 aliphatic rings. The van der Waals surface area contributed by atoms with E-state index in [0.29, 0.717) is 26.4 Å². The smallest absolute Gasteiger partial charge is 0.119 e. The lowest BCUT2D eigenvalue weighted by Crippen LogP contribution is -2.31. The van der Waals surface area contributed by atoms with E-state index in [1.54, 1.807) is 0 Å². The molecule has 1 aromatic rings. The van der Waals surface area contributed by atoms with Gasteiger partial charge in [0.15, 0.2) is 0 Å². The first-order valence-corrected chi connectivity index (χ1v) is 6.47. The van der Waals surface area contributed by atoms with Crippen molar-refractivity contribution >= 4 is 0 Å². The quantitative estimate of drug-likeness (QED) is 0.620. The van der Waals surface area contributed by atoms with Crippen LogP contribution >= 0.6 is 0 Å². The standard InChI is InChI=1S/C14H23NO3/c1-2-8-15-11-13(16)12-17-9-10-18-14-6-4-3-5-7-14/h3-7,13,15-16H,2,8-12H2,1H3. The van der Waals surface area contributed by atoms with Gasteiger partial charge in [0.25, 0.3) is 0 Å². The summed E-state index contributed by atoms with van der Waals surface area (Å²) in [7, 11) is 0. The summed E-state index contributed by atoms with van der Waals surface area (Å²) in [6.07, 6.45) is 0.617. The number of nitrogens with one attached hydrogen (secondary N) is 1. The molecule has 0 aromatic heterocycles. The molecule has 0 aliphatic heterocycles. The topological polar surface area (TPSA) is 50.7 Å². The third kappa shape index (κ3) is 7.27. The minimum atomic E-state index is -0.451. The van der Waals surface area contributed by atoms with Crippen molar-refractivity contribution in [3.8, 4) is 5.75 Å². The van der Waals surface area contributed by atoms with E-state index in [1.165, 1.54) is 0 Å². The predicted molar refractivity (Wildman–Crippen MR) is 71.9 cm³/mol. The number of rotatable bonds is 10. The van der Waals surface area contributed by atoms with E-state index in [9.17, 15) is 5.11 Å². The summed E-state index contributed by atoms with van der Waals surface area (Å²) in [5.41, 5.74) is 0. The molecule has 1 rings (SSSR count). The number of para-hydroxylation sites is 1. The number of hydrogen-bond acceptors (Lipinski definition) is 4. The van der Waals surface area contributed by atoms with Crippen LogP contribution in [0.4, 0.5) is 0 Å². The third-order valence-electron chi connectivity index (χ3n) is 2.36. The highest BCUT2D eigenvalue weighted by Gasteiger charge is 2.02. The second-order valence-electron chi connectivity index (χ2n) is 4.09. The van der Waals surface area contributed by atoms with Crippen LogP contribution in [0.2, 0.25) is 0 Å². The molecule has 102 valence electrons. The van der Waals surface area contributed by atoms with Crippen molar-refractivity contribution in [2.45, 2.75) is 19.4 Å². The fourth-order valence-electron chi connectivity index (χ4n) is 1.46. The van der Waals surface area contributed by atoms with Crippen LogP contribution in [0.15, 0.2) is 30.3 Å². The fraction of sp³-hybridized carbons (Fsp3) is 0.571. The van der Waals surface area contributed by atoms with Crippen molar-refractivity contribution in [3.63, 3.8) is 0 Å². The monoisotopic (exact) mass is 253 g/mol. The van der Waals surface area contributed by atoms with Gasteiger partial charge in [0.2, 0.25) is 0 Å². The Bertz CT molecular complexity index is 292. The maximum atomic E-state index is 9.56. The van der Waals surface area contributed by atoms with Gasteiger partial charge in [-0.25, -0.2) is 0 Å². The van der Waals surface area contributed by atoms with Crippen LogP contribution in [0.3, 0.4) is 0 Å². The molecule has 1 unspecified atom stereocenters. The van der Waals surface area contributed by atoms with Crippen LogP contribution in [-0.2, 0) is 4.74 Å². The lowest BCUT2D eigenvalue weighted by molar-refractivity contribution is 0.0252. The van der Waals surface area contributed by atoms with Gasteiger partial charge in [-0.05, 0) is 25.1 Å². The molecule has 0 saturated heterocycles. The summed E-state index contributed by atoms with van der Waals surface area (Å²) in [5.74, 6) is 0.839. The molecule has 0 aliphatic carbocycles. The third-order valence-corrected chi connectivity index (χ3v) is 2.36. The fourth-order valence-corrected chi connectivity index (χ4v) is 1.46. The van der Waals surface area contributed by atoms with Gasteiger partial charge in [-0.2, -0.15) is 0 Å². The van der Waals surface area contributed by atoms with E-state index in [2.05, 4.69) is 12.2 Å².